The van der Waals surface area contributed by atoms with Crippen molar-refractivity contribution in [2.45, 2.75) is 13.3 Å². The van der Waals surface area contributed by atoms with Crippen molar-refractivity contribution in [3.05, 3.63) is 53.2 Å². The lowest BCUT2D eigenvalue weighted by molar-refractivity contribution is -0.122. The molecule has 1 N–H and O–H groups in total. The Balaban J connectivity index is 1.69. The van der Waals surface area contributed by atoms with Crippen LogP contribution in [0.1, 0.15) is 12.0 Å². The predicted octanol–water partition coefficient (Wildman–Crippen LogP) is 3.04. The van der Waals surface area contributed by atoms with Gasteiger partial charge in [-0.1, -0.05) is 11.6 Å². The van der Waals surface area contributed by atoms with E-state index in [1.165, 1.54) is 0 Å². The Labute approximate surface area is 139 Å². The van der Waals surface area contributed by atoms with Gasteiger partial charge in [0.15, 0.2) is 0 Å². The van der Waals surface area contributed by atoms with E-state index < -0.39 is 0 Å². The van der Waals surface area contributed by atoms with Crippen molar-refractivity contribution in [3.8, 4) is 0 Å². The molecule has 1 aromatic heterocycles. The molecule has 118 valence electrons. The highest BCUT2D eigenvalue weighted by Crippen LogP contribution is 2.27. The summed E-state index contributed by atoms with van der Waals surface area (Å²) in [6.45, 7) is 2.29. The topological polar surface area (TPSA) is 62.3 Å². The highest BCUT2D eigenvalue weighted by Gasteiger charge is 2.35. The maximum atomic E-state index is 12.4. The molecular weight excluding hydrogens is 314 g/mol. The van der Waals surface area contributed by atoms with Crippen LogP contribution in [0, 0.1) is 12.8 Å². The number of amides is 2. The molecule has 1 aliphatic rings. The van der Waals surface area contributed by atoms with Crippen LogP contribution in [0.2, 0.25) is 5.02 Å². The van der Waals surface area contributed by atoms with Crippen molar-refractivity contribution in [3.63, 3.8) is 0 Å². The molecule has 0 bridgehead atoms. The number of aromatic nitrogens is 1. The zero-order valence-corrected chi connectivity index (χ0v) is 13.4. The van der Waals surface area contributed by atoms with E-state index in [1.807, 2.05) is 13.0 Å². The summed E-state index contributed by atoms with van der Waals surface area (Å²) in [4.78, 5) is 30.3. The second-order valence-electron chi connectivity index (χ2n) is 5.59. The Morgan fingerprint density at radius 2 is 2.04 bits per heavy atom. The van der Waals surface area contributed by atoms with Gasteiger partial charge in [-0.3, -0.25) is 9.59 Å². The smallest absolute Gasteiger partial charge is 0.230 e. The van der Waals surface area contributed by atoms with Crippen LogP contribution in [0.3, 0.4) is 0 Å². The van der Waals surface area contributed by atoms with E-state index in [1.54, 1.807) is 41.4 Å². The number of anilines is 2. The quantitative estimate of drug-likeness (QED) is 0.941. The normalized spacial score (nSPS) is 17.4. The Morgan fingerprint density at radius 3 is 2.74 bits per heavy atom. The van der Waals surface area contributed by atoms with Crippen LogP contribution in [0.25, 0.3) is 0 Å². The molecule has 6 heteroatoms. The average molecular weight is 330 g/mol. The lowest BCUT2D eigenvalue weighted by atomic mass is 10.1. The Morgan fingerprint density at radius 1 is 1.30 bits per heavy atom. The third kappa shape index (κ3) is 3.51. The fourth-order valence-electron chi connectivity index (χ4n) is 2.59. The van der Waals surface area contributed by atoms with Gasteiger partial charge in [0.05, 0.1) is 5.92 Å². The predicted molar refractivity (Wildman–Crippen MR) is 89.5 cm³/mol. The van der Waals surface area contributed by atoms with Crippen molar-refractivity contribution in [1.82, 2.24) is 4.98 Å². The van der Waals surface area contributed by atoms with Gasteiger partial charge in [-0.05, 0) is 48.9 Å². The minimum absolute atomic E-state index is 0.0651. The van der Waals surface area contributed by atoms with Crippen LogP contribution < -0.4 is 10.2 Å². The number of halogens is 1. The molecule has 0 saturated carbocycles. The van der Waals surface area contributed by atoms with Crippen molar-refractivity contribution in [2.75, 3.05) is 16.8 Å². The molecule has 23 heavy (non-hydrogen) atoms. The van der Waals surface area contributed by atoms with Gasteiger partial charge in [0, 0.05) is 29.9 Å². The number of carbonyl (C=O) groups excluding carboxylic acids is 2. The molecule has 0 aliphatic carbocycles. The van der Waals surface area contributed by atoms with Crippen LogP contribution in [-0.4, -0.2) is 23.3 Å². The molecule has 0 spiro atoms. The largest absolute Gasteiger partial charge is 0.312 e. The molecule has 2 amide bonds. The number of carbonyl (C=O) groups is 2. The zero-order chi connectivity index (χ0) is 16.4. The SMILES string of the molecule is Cc1ccnc(NC(=O)[C@@H]2CC(=O)N(c3ccc(Cl)cc3)C2)c1. The Bertz CT molecular complexity index is 746. The zero-order valence-electron chi connectivity index (χ0n) is 12.6. The number of pyridine rings is 1. The van der Waals surface area contributed by atoms with Crippen LogP contribution in [0.5, 0.6) is 0 Å². The van der Waals surface area contributed by atoms with Crippen molar-refractivity contribution < 1.29 is 9.59 Å². The summed E-state index contributed by atoms with van der Waals surface area (Å²) < 4.78 is 0. The van der Waals surface area contributed by atoms with E-state index in [2.05, 4.69) is 10.3 Å². The maximum Gasteiger partial charge on any atom is 0.230 e. The summed E-state index contributed by atoms with van der Waals surface area (Å²) in [5.74, 6) is -0.134. The number of rotatable bonds is 3. The van der Waals surface area contributed by atoms with Gasteiger partial charge >= 0.3 is 0 Å². The first-order chi connectivity index (χ1) is 11.0. The molecule has 2 heterocycles. The van der Waals surface area contributed by atoms with Crippen LogP contribution in [-0.2, 0) is 9.59 Å². The second-order valence-corrected chi connectivity index (χ2v) is 6.03. The van der Waals surface area contributed by atoms with E-state index in [9.17, 15) is 9.59 Å². The Hall–Kier alpha value is -2.40. The molecule has 0 radical (unpaired) electrons. The van der Waals surface area contributed by atoms with Crippen molar-refractivity contribution >= 4 is 34.9 Å². The van der Waals surface area contributed by atoms with Crippen molar-refractivity contribution in [1.29, 1.82) is 0 Å². The fraction of sp³-hybridized carbons (Fsp3) is 0.235. The summed E-state index contributed by atoms with van der Waals surface area (Å²) in [5, 5.41) is 3.39. The number of nitrogens with zero attached hydrogens (tertiary/aromatic N) is 2. The molecule has 1 aromatic carbocycles. The lowest BCUT2D eigenvalue weighted by Crippen LogP contribution is -2.28. The minimum atomic E-state index is -0.388. The number of hydrogen-bond donors (Lipinski definition) is 1. The molecule has 2 aromatic rings. The summed E-state index contributed by atoms with van der Waals surface area (Å²) in [5.41, 5.74) is 1.77. The van der Waals surface area contributed by atoms with Gasteiger partial charge in [0.1, 0.15) is 5.82 Å². The standard InChI is InChI=1S/C17H16ClN3O2/c1-11-6-7-19-15(8-11)20-17(23)12-9-16(22)21(10-12)14-4-2-13(18)3-5-14/h2-8,12H,9-10H2,1H3,(H,19,20,23)/t12-/m1/s1. The third-order valence-corrected chi connectivity index (χ3v) is 4.05. The second kappa shape index (κ2) is 6.38. The number of aryl methyl sites for hydroxylation is 1. The van der Waals surface area contributed by atoms with Gasteiger partial charge < -0.3 is 10.2 Å². The van der Waals surface area contributed by atoms with Crippen LogP contribution in [0.15, 0.2) is 42.6 Å². The number of hydrogen-bond acceptors (Lipinski definition) is 3. The summed E-state index contributed by atoms with van der Waals surface area (Å²) in [6.07, 6.45) is 1.84. The average Bonchev–Trinajstić information content (AvgIpc) is 2.90. The molecule has 0 unspecified atom stereocenters. The molecule has 3 rings (SSSR count). The highest BCUT2D eigenvalue weighted by atomic mass is 35.5. The van der Waals surface area contributed by atoms with Gasteiger partial charge in [-0.15, -0.1) is 0 Å². The van der Waals surface area contributed by atoms with E-state index in [0.717, 1.165) is 11.3 Å². The first kappa shape index (κ1) is 15.5. The van der Waals surface area contributed by atoms with Gasteiger partial charge in [0.25, 0.3) is 0 Å². The molecule has 1 saturated heterocycles. The van der Waals surface area contributed by atoms with Gasteiger partial charge in [0.2, 0.25) is 11.8 Å². The van der Waals surface area contributed by atoms with E-state index in [-0.39, 0.29) is 24.2 Å². The number of nitrogens with one attached hydrogen (secondary N) is 1. The summed E-state index contributed by atoms with van der Waals surface area (Å²) >= 11 is 5.86. The van der Waals surface area contributed by atoms with Gasteiger partial charge in [-0.25, -0.2) is 4.98 Å². The van der Waals surface area contributed by atoms with Gasteiger partial charge in [-0.2, -0.15) is 0 Å². The Kier molecular flexibility index (Phi) is 4.30. The highest BCUT2D eigenvalue weighted by molar-refractivity contribution is 6.30. The van der Waals surface area contributed by atoms with E-state index in [4.69, 9.17) is 11.6 Å². The van der Waals surface area contributed by atoms with Crippen LogP contribution >= 0.6 is 11.6 Å². The third-order valence-electron chi connectivity index (χ3n) is 3.80. The lowest BCUT2D eigenvalue weighted by Gasteiger charge is -2.16. The van der Waals surface area contributed by atoms with E-state index in [0.29, 0.717) is 17.4 Å². The maximum absolute atomic E-state index is 12.4. The number of benzene rings is 1. The molecule has 5 nitrogen and oxygen atoms in total. The van der Waals surface area contributed by atoms with E-state index >= 15 is 0 Å². The minimum Gasteiger partial charge on any atom is -0.312 e. The van der Waals surface area contributed by atoms with Crippen LogP contribution in [0.4, 0.5) is 11.5 Å². The monoisotopic (exact) mass is 329 g/mol. The first-order valence-electron chi connectivity index (χ1n) is 7.32. The molecule has 1 aliphatic heterocycles. The first-order valence-corrected chi connectivity index (χ1v) is 7.70. The molecule has 1 atom stereocenters. The fourth-order valence-corrected chi connectivity index (χ4v) is 2.71. The van der Waals surface area contributed by atoms with Crippen molar-refractivity contribution in [2.24, 2.45) is 5.92 Å². The molecular formula is C17H16ClN3O2. The summed E-state index contributed by atoms with van der Waals surface area (Å²) in [7, 11) is 0. The summed E-state index contributed by atoms with van der Waals surface area (Å²) in [6, 6.07) is 10.7. The molecule has 1 fully saturated rings.